The van der Waals surface area contributed by atoms with Crippen LogP contribution < -0.4 is 10.2 Å². The summed E-state index contributed by atoms with van der Waals surface area (Å²) in [6.45, 7) is 0.817. The number of hydrazine groups is 1. The molecule has 1 amide bonds. The minimum Gasteiger partial charge on any atom is -0.489 e. The molecule has 2 aliphatic heterocycles. The van der Waals surface area contributed by atoms with Gasteiger partial charge in [-0.3, -0.25) is 4.79 Å². The number of Topliss-reactive ketones (excluding diaryl/α,β-unsaturated/α-hetero) is 1. The number of nitrogens with zero attached hydrogens (tertiary/aromatic N) is 1. The molecule has 0 spiro atoms. The van der Waals surface area contributed by atoms with E-state index in [9.17, 15) is 9.59 Å². The molecule has 2 atom stereocenters. The molecule has 1 aliphatic carbocycles. The quantitative estimate of drug-likeness (QED) is 0.895. The Morgan fingerprint density at radius 3 is 2.83 bits per heavy atom. The van der Waals surface area contributed by atoms with Gasteiger partial charge in [-0.1, -0.05) is 18.2 Å². The van der Waals surface area contributed by atoms with Crippen LogP contribution in [0.15, 0.2) is 30.3 Å². The molecule has 0 unspecified atom stereocenters. The highest BCUT2D eigenvalue weighted by molar-refractivity contribution is 5.91. The molecule has 1 N–H and O–H groups in total. The van der Waals surface area contributed by atoms with Gasteiger partial charge in [0.15, 0.2) is 5.78 Å². The Morgan fingerprint density at radius 2 is 2.12 bits per heavy atom. The number of para-hydroxylation sites is 1. The van der Waals surface area contributed by atoms with Gasteiger partial charge >= 0.3 is 6.09 Å². The second-order valence-electron chi connectivity index (χ2n) is 6.50. The second-order valence-corrected chi connectivity index (χ2v) is 6.50. The molecule has 0 radical (unpaired) electrons. The third kappa shape index (κ3) is 2.74. The molecule has 7 heteroatoms. The standard InChI is InChI=1S/C17H20N2O5/c20-13-10-22-14-9-18-19(15(13)14)16(21)24-17(7-4-8-17)11-23-12-5-2-1-3-6-12/h1-3,5-6,14-15,18H,4,7-11H2/t14-,15-/m1/s1. The van der Waals surface area contributed by atoms with Crippen molar-refractivity contribution in [3.05, 3.63) is 30.3 Å². The molecule has 1 aromatic carbocycles. The number of hydrogen-bond acceptors (Lipinski definition) is 6. The summed E-state index contributed by atoms with van der Waals surface area (Å²) in [4.78, 5) is 24.4. The molecule has 2 heterocycles. The van der Waals surface area contributed by atoms with E-state index < -0.39 is 17.7 Å². The van der Waals surface area contributed by atoms with Crippen LogP contribution in [0.5, 0.6) is 5.75 Å². The summed E-state index contributed by atoms with van der Waals surface area (Å²) in [6.07, 6.45) is 1.71. The van der Waals surface area contributed by atoms with Crippen molar-refractivity contribution in [3.8, 4) is 5.75 Å². The first-order chi connectivity index (χ1) is 11.7. The van der Waals surface area contributed by atoms with Crippen molar-refractivity contribution in [2.24, 2.45) is 0 Å². The number of hydrogen-bond donors (Lipinski definition) is 1. The van der Waals surface area contributed by atoms with E-state index in [0.29, 0.717) is 13.2 Å². The Hall–Kier alpha value is -2.12. The zero-order valence-electron chi connectivity index (χ0n) is 13.3. The largest absolute Gasteiger partial charge is 0.489 e. The second kappa shape index (κ2) is 6.07. The van der Waals surface area contributed by atoms with Crippen LogP contribution in [0, 0.1) is 0 Å². The average molecular weight is 332 g/mol. The zero-order chi connectivity index (χ0) is 16.6. The Labute approximate surface area is 139 Å². The van der Waals surface area contributed by atoms with E-state index in [1.54, 1.807) is 0 Å². The fourth-order valence-electron chi connectivity index (χ4n) is 3.33. The monoisotopic (exact) mass is 332 g/mol. The van der Waals surface area contributed by atoms with E-state index >= 15 is 0 Å². The first-order valence-electron chi connectivity index (χ1n) is 8.25. The lowest BCUT2D eigenvalue weighted by Crippen LogP contribution is -2.53. The molecule has 4 rings (SSSR count). The number of nitrogens with one attached hydrogen (secondary N) is 1. The van der Waals surface area contributed by atoms with Crippen LogP contribution in [0.3, 0.4) is 0 Å². The van der Waals surface area contributed by atoms with Crippen LogP contribution in [0.2, 0.25) is 0 Å². The molecule has 3 aliphatic rings. The fourth-order valence-corrected chi connectivity index (χ4v) is 3.33. The SMILES string of the molecule is O=C1CO[C@@H]2CNN(C(=O)OC3(COc4ccccc4)CCC3)[C@H]12. The molecule has 0 aromatic heterocycles. The third-order valence-electron chi connectivity index (χ3n) is 4.87. The van der Waals surface area contributed by atoms with Crippen molar-refractivity contribution >= 4 is 11.9 Å². The van der Waals surface area contributed by atoms with Gasteiger partial charge in [-0.05, 0) is 31.4 Å². The maximum atomic E-state index is 12.5. The summed E-state index contributed by atoms with van der Waals surface area (Å²) in [6, 6.07) is 8.88. The van der Waals surface area contributed by atoms with Gasteiger partial charge < -0.3 is 14.2 Å². The number of fused-ring (bicyclic) bond motifs is 1. The van der Waals surface area contributed by atoms with Crippen LogP contribution >= 0.6 is 0 Å². The molecule has 1 saturated carbocycles. The van der Waals surface area contributed by atoms with Gasteiger partial charge in [0.25, 0.3) is 0 Å². The van der Waals surface area contributed by atoms with E-state index in [0.717, 1.165) is 25.0 Å². The normalized spacial score (nSPS) is 27.5. The van der Waals surface area contributed by atoms with E-state index in [1.165, 1.54) is 5.01 Å². The van der Waals surface area contributed by atoms with Crippen molar-refractivity contribution in [1.82, 2.24) is 10.4 Å². The van der Waals surface area contributed by atoms with Gasteiger partial charge in [0.1, 0.15) is 36.7 Å². The van der Waals surface area contributed by atoms with Gasteiger partial charge in [0.2, 0.25) is 0 Å². The predicted octanol–water partition coefficient (Wildman–Crippen LogP) is 1.28. The maximum Gasteiger partial charge on any atom is 0.425 e. The number of ether oxygens (including phenoxy) is 3. The molecule has 2 saturated heterocycles. The fraction of sp³-hybridized carbons (Fsp3) is 0.529. The molecule has 0 bridgehead atoms. The first-order valence-corrected chi connectivity index (χ1v) is 8.25. The minimum atomic E-state index is -0.616. The Kier molecular flexibility index (Phi) is 3.90. The number of carbonyl (C=O) groups is 2. The molecular weight excluding hydrogens is 312 g/mol. The molecule has 1 aromatic rings. The first kappa shape index (κ1) is 15.4. The van der Waals surface area contributed by atoms with Gasteiger partial charge in [0.05, 0.1) is 0 Å². The van der Waals surface area contributed by atoms with Gasteiger partial charge in [0, 0.05) is 6.54 Å². The van der Waals surface area contributed by atoms with Gasteiger partial charge in [-0.2, -0.15) is 0 Å². The summed E-state index contributed by atoms with van der Waals surface area (Å²) in [5, 5.41) is 1.28. The lowest BCUT2D eigenvalue weighted by Gasteiger charge is -2.41. The smallest absolute Gasteiger partial charge is 0.425 e. The minimum absolute atomic E-state index is 0.0586. The Bertz CT molecular complexity index is 631. The number of benzene rings is 1. The van der Waals surface area contributed by atoms with Crippen molar-refractivity contribution in [2.45, 2.75) is 37.0 Å². The topological polar surface area (TPSA) is 77.1 Å². The molecule has 3 fully saturated rings. The van der Waals surface area contributed by atoms with Crippen molar-refractivity contribution in [3.63, 3.8) is 0 Å². The maximum absolute atomic E-state index is 12.5. The van der Waals surface area contributed by atoms with Crippen molar-refractivity contribution in [2.75, 3.05) is 19.8 Å². The zero-order valence-corrected chi connectivity index (χ0v) is 13.3. The van der Waals surface area contributed by atoms with Crippen molar-refractivity contribution < 1.29 is 23.8 Å². The van der Waals surface area contributed by atoms with E-state index in [1.807, 2.05) is 30.3 Å². The lowest BCUT2D eigenvalue weighted by molar-refractivity contribution is -0.123. The highest BCUT2D eigenvalue weighted by Gasteiger charge is 2.50. The molecule has 7 nitrogen and oxygen atoms in total. The summed E-state index contributed by atoms with van der Waals surface area (Å²) in [7, 11) is 0. The Morgan fingerprint density at radius 1 is 1.33 bits per heavy atom. The van der Waals surface area contributed by atoms with E-state index in [2.05, 4.69) is 5.43 Å². The average Bonchev–Trinajstić information content (AvgIpc) is 3.14. The van der Waals surface area contributed by atoms with Crippen LogP contribution in [0.4, 0.5) is 4.79 Å². The summed E-state index contributed by atoms with van der Waals surface area (Å²) < 4.78 is 16.9. The Balaban J connectivity index is 1.39. The summed E-state index contributed by atoms with van der Waals surface area (Å²) in [5.74, 6) is 0.656. The van der Waals surface area contributed by atoms with Crippen LogP contribution in [-0.4, -0.2) is 54.4 Å². The predicted molar refractivity (Wildman–Crippen MR) is 83.4 cm³/mol. The highest BCUT2D eigenvalue weighted by atomic mass is 16.6. The number of rotatable bonds is 4. The van der Waals surface area contributed by atoms with E-state index in [4.69, 9.17) is 14.2 Å². The van der Waals surface area contributed by atoms with Crippen LogP contribution in [0.25, 0.3) is 0 Å². The lowest BCUT2D eigenvalue weighted by atomic mass is 9.80. The number of amides is 1. The molecule has 24 heavy (non-hydrogen) atoms. The number of carbonyl (C=O) groups excluding carboxylic acids is 2. The third-order valence-corrected chi connectivity index (χ3v) is 4.87. The summed E-state index contributed by atoms with van der Waals surface area (Å²) >= 11 is 0. The molecule has 128 valence electrons. The van der Waals surface area contributed by atoms with Gasteiger partial charge in [-0.25, -0.2) is 15.2 Å². The summed E-state index contributed by atoms with van der Waals surface area (Å²) in [5.41, 5.74) is 2.29. The highest BCUT2D eigenvalue weighted by Crippen LogP contribution is 2.37. The molecular formula is C17H20N2O5. The van der Waals surface area contributed by atoms with Gasteiger partial charge in [-0.15, -0.1) is 0 Å². The number of ketones is 1. The van der Waals surface area contributed by atoms with Crippen LogP contribution in [0.1, 0.15) is 19.3 Å². The van der Waals surface area contributed by atoms with Crippen molar-refractivity contribution in [1.29, 1.82) is 0 Å². The van der Waals surface area contributed by atoms with Crippen LogP contribution in [-0.2, 0) is 14.3 Å². The van der Waals surface area contributed by atoms with E-state index in [-0.39, 0.29) is 18.5 Å².